The zero-order valence-electron chi connectivity index (χ0n) is 15.3. The monoisotopic (exact) mass is 401 g/mol. The van der Waals surface area contributed by atoms with E-state index in [1.807, 2.05) is 4.90 Å². The molecule has 2 aliphatic rings. The predicted molar refractivity (Wildman–Crippen MR) is 102 cm³/mol. The molecular weight excluding hydrogens is 382 g/mol. The Balaban J connectivity index is 1.46. The number of nitrogens with one attached hydrogen (secondary N) is 1. The second kappa shape index (κ2) is 6.95. The number of amides is 1. The number of ketones is 1. The number of piperazine rings is 1. The van der Waals surface area contributed by atoms with Gasteiger partial charge in [-0.2, -0.15) is 4.31 Å². The van der Waals surface area contributed by atoms with Crippen LogP contribution in [-0.4, -0.2) is 60.8 Å². The summed E-state index contributed by atoms with van der Waals surface area (Å²) in [6, 6.07) is 8.07. The van der Waals surface area contributed by atoms with Crippen LogP contribution in [-0.2, 0) is 21.2 Å². The molecule has 0 radical (unpaired) electrons. The van der Waals surface area contributed by atoms with Crippen molar-refractivity contribution in [1.29, 1.82) is 0 Å². The van der Waals surface area contributed by atoms with Gasteiger partial charge in [-0.05, 0) is 35.9 Å². The van der Waals surface area contributed by atoms with Gasteiger partial charge in [-0.1, -0.05) is 0 Å². The second-order valence-electron chi connectivity index (χ2n) is 6.77. The summed E-state index contributed by atoms with van der Waals surface area (Å²) >= 11 is 0. The van der Waals surface area contributed by atoms with Crippen LogP contribution in [0.2, 0.25) is 0 Å². The molecule has 1 aromatic carbocycles. The Bertz CT molecular complexity index is 1040. The number of carbonyl (C=O) groups excluding carboxylic acids is 2. The van der Waals surface area contributed by atoms with Crippen molar-refractivity contribution in [3.8, 4) is 0 Å². The van der Waals surface area contributed by atoms with Gasteiger partial charge in [0, 0.05) is 38.8 Å². The van der Waals surface area contributed by atoms with Gasteiger partial charge in [0.25, 0.3) is 0 Å². The average molecular weight is 401 g/mol. The summed E-state index contributed by atoms with van der Waals surface area (Å²) in [5, 5.41) is 10.7. The number of carbonyl (C=O) groups is 2. The van der Waals surface area contributed by atoms with E-state index in [-0.39, 0.29) is 23.0 Å². The van der Waals surface area contributed by atoms with Crippen LogP contribution in [0.3, 0.4) is 0 Å². The number of fused-ring (bicyclic) bond motifs is 1. The number of hydrogen-bond acceptors (Lipinski definition) is 7. The Morgan fingerprint density at radius 3 is 2.46 bits per heavy atom. The third kappa shape index (κ3) is 3.36. The number of benzene rings is 1. The van der Waals surface area contributed by atoms with Gasteiger partial charge < -0.3 is 10.2 Å². The molecule has 10 heteroatoms. The summed E-state index contributed by atoms with van der Waals surface area (Å²) in [6.45, 7) is 2.99. The fourth-order valence-electron chi connectivity index (χ4n) is 3.35. The highest BCUT2D eigenvalue weighted by Crippen LogP contribution is 2.28. The Hall–Kier alpha value is -2.85. The van der Waals surface area contributed by atoms with Crippen LogP contribution in [0.1, 0.15) is 23.0 Å². The molecule has 0 bridgehead atoms. The quantitative estimate of drug-likeness (QED) is 0.750. The number of aromatic nitrogens is 2. The maximum Gasteiger partial charge on any atom is 0.243 e. The molecule has 4 rings (SSSR count). The molecular formula is C18H19N5O4S. The van der Waals surface area contributed by atoms with Crippen molar-refractivity contribution in [2.75, 3.05) is 36.4 Å². The molecule has 1 saturated heterocycles. The number of sulfonamides is 1. The SMILES string of the molecule is CC(=O)c1ccc(N2CCN(S(=O)(=O)c3ccc4c(c3)CC(=O)N4)CC2)nn1. The van der Waals surface area contributed by atoms with Gasteiger partial charge in [-0.15, -0.1) is 10.2 Å². The van der Waals surface area contributed by atoms with E-state index in [1.54, 1.807) is 24.3 Å². The lowest BCUT2D eigenvalue weighted by molar-refractivity contribution is -0.115. The van der Waals surface area contributed by atoms with Crippen molar-refractivity contribution in [3.05, 3.63) is 41.6 Å². The second-order valence-corrected chi connectivity index (χ2v) is 8.71. The largest absolute Gasteiger partial charge is 0.352 e. The fraction of sp³-hybridized carbons (Fsp3) is 0.333. The molecule has 0 aliphatic carbocycles. The van der Waals surface area contributed by atoms with Crippen molar-refractivity contribution < 1.29 is 18.0 Å². The Labute approximate surface area is 162 Å². The van der Waals surface area contributed by atoms with Crippen LogP contribution in [0.5, 0.6) is 0 Å². The maximum absolute atomic E-state index is 13.0. The highest BCUT2D eigenvalue weighted by Gasteiger charge is 2.30. The fourth-order valence-corrected chi connectivity index (χ4v) is 4.83. The zero-order valence-corrected chi connectivity index (χ0v) is 16.1. The van der Waals surface area contributed by atoms with Crippen molar-refractivity contribution >= 4 is 33.2 Å². The van der Waals surface area contributed by atoms with Crippen LogP contribution in [0.4, 0.5) is 11.5 Å². The molecule has 0 spiro atoms. The number of rotatable bonds is 4. The van der Waals surface area contributed by atoms with Gasteiger partial charge in [0.15, 0.2) is 11.6 Å². The van der Waals surface area contributed by atoms with E-state index in [0.29, 0.717) is 48.9 Å². The van der Waals surface area contributed by atoms with E-state index in [9.17, 15) is 18.0 Å². The molecule has 1 fully saturated rings. The Morgan fingerprint density at radius 1 is 1.07 bits per heavy atom. The van der Waals surface area contributed by atoms with Gasteiger partial charge in [0.2, 0.25) is 15.9 Å². The molecule has 146 valence electrons. The minimum absolute atomic E-state index is 0.130. The molecule has 1 aromatic heterocycles. The summed E-state index contributed by atoms with van der Waals surface area (Å²) in [7, 11) is -3.64. The molecule has 0 saturated carbocycles. The van der Waals surface area contributed by atoms with E-state index in [0.717, 1.165) is 0 Å². The first kappa shape index (κ1) is 18.5. The maximum atomic E-state index is 13.0. The number of anilines is 2. The smallest absolute Gasteiger partial charge is 0.243 e. The van der Waals surface area contributed by atoms with Crippen molar-refractivity contribution in [2.45, 2.75) is 18.2 Å². The molecule has 9 nitrogen and oxygen atoms in total. The van der Waals surface area contributed by atoms with Crippen LogP contribution < -0.4 is 10.2 Å². The molecule has 28 heavy (non-hydrogen) atoms. The first-order valence-electron chi connectivity index (χ1n) is 8.87. The molecule has 3 heterocycles. The van der Waals surface area contributed by atoms with Crippen LogP contribution >= 0.6 is 0 Å². The van der Waals surface area contributed by atoms with Gasteiger partial charge in [0.1, 0.15) is 5.69 Å². The molecule has 0 atom stereocenters. The third-order valence-electron chi connectivity index (χ3n) is 4.91. The summed E-state index contributed by atoms with van der Waals surface area (Å²) in [4.78, 5) is 24.9. The highest BCUT2D eigenvalue weighted by atomic mass is 32.2. The Morgan fingerprint density at radius 2 is 1.82 bits per heavy atom. The Kier molecular flexibility index (Phi) is 4.60. The standard InChI is InChI=1S/C18H19N5O4S/c1-12(24)15-4-5-17(21-20-15)22-6-8-23(9-7-22)28(26,27)14-2-3-16-13(10-14)11-18(25)19-16/h2-5,10H,6-9,11H2,1H3,(H,19,25). The van der Waals surface area contributed by atoms with Gasteiger partial charge in [0.05, 0.1) is 11.3 Å². The van der Waals surface area contributed by atoms with Gasteiger partial charge in [-0.25, -0.2) is 8.42 Å². The minimum Gasteiger partial charge on any atom is -0.352 e. The summed E-state index contributed by atoms with van der Waals surface area (Å²) in [6.07, 6.45) is 0.196. The van der Waals surface area contributed by atoms with Gasteiger partial charge >= 0.3 is 0 Å². The zero-order chi connectivity index (χ0) is 19.9. The molecule has 1 amide bonds. The van der Waals surface area contributed by atoms with Crippen LogP contribution in [0, 0.1) is 0 Å². The number of nitrogens with zero attached hydrogens (tertiary/aromatic N) is 4. The highest BCUT2D eigenvalue weighted by molar-refractivity contribution is 7.89. The molecule has 2 aliphatic heterocycles. The van der Waals surface area contributed by atoms with Crippen molar-refractivity contribution in [3.63, 3.8) is 0 Å². The molecule has 1 N–H and O–H groups in total. The first-order valence-corrected chi connectivity index (χ1v) is 10.3. The normalized spacial score (nSPS) is 17.3. The first-order chi connectivity index (χ1) is 13.3. The number of Topliss-reactive ketones (excluding diaryl/α,β-unsaturated/α-hetero) is 1. The molecule has 2 aromatic rings. The lowest BCUT2D eigenvalue weighted by Crippen LogP contribution is -2.49. The summed E-state index contributed by atoms with van der Waals surface area (Å²) < 4.78 is 27.4. The summed E-state index contributed by atoms with van der Waals surface area (Å²) in [5.41, 5.74) is 1.67. The average Bonchev–Trinajstić information content (AvgIpc) is 3.07. The van der Waals surface area contributed by atoms with Gasteiger partial charge in [-0.3, -0.25) is 9.59 Å². The van der Waals surface area contributed by atoms with E-state index < -0.39 is 10.0 Å². The van der Waals surface area contributed by atoms with E-state index in [4.69, 9.17) is 0 Å². The minimum atomic E-state index is -3.64. The van der Waals surface area contributed by atoms with Crippen LogP contribution in [0.15, 0.2) is 35.2 Å². The van der Waals surface area contributed by atoms with E-state index in [2.05, 4.69) is 15.5 Å². The number of hydrogen-bond donors (Lipinski definition) is 1. The predicted octanol–water partition coefficient (Wildman–Crippen LogP) is 0.685. The van der Waals surface area contributed by atoms with Crippen molar-refractivity contribution in [1.82, 2.24) is 14.5 Å². The third-order valence-corrected chi connectivity index (χ3v) is 6.81. The van der Waals surface area contributed by atoms with E-state index in [1.165, 1.54) is 17.3 Å². The molecule has 0 unspecified atom stereocenters. The van der Waals surface area contributed by atoms with E-state index >= 15 is 0 Å². The lowest BCUT2D eigenvalue weighted by Gasteiger charge is -2.34. The van der Waals surface area contributed by atoms with Crippen molar-refractivity contribution in [2.24, 2.45) is 0 Å². The lowest BCUT2D eigenvalue weighted by atomic mass is 10.2. The van der Waals surface area contributed by atoms with Crippen LogP contribution in [0.25, 0.3) is 0 Å². The topological polar surface area (TPSA) is 113 Å². The summed E-state index contributed by atoms with van der Waals surface area (Å²) in [5.74, 6) is 0.334.